The van der Waals surface area contributed by atoms with E-state index in [0.717, 1.165) is 0 Å². The van der Waals surface area contributed by atoms with Gasteiger partial charge in [-0.1, -0.05) is 23.2 Å². The van der Waals surface area contributed by atoms with Gasteiger partial charge in [0.15, 0.2) is 11.5 Å². The summed E-state index contributed by atoms with van der Waals surface area (Å²) in [5, 5.41) is 4.91. The maximum Gasteiger partial charge on any atom is 0.165 e. The average molecular weight is 286 g/mol. The third kappa shape index (κ3) is 2.71. The Morgan fingerprint density at radius 2 is 1.89 bits per heavy atom. The lowest BCUT2D eigenvalue weighted by molar-refractivity contribution is 0.477. The van der Waals surface area contributed by atoms with Crippen LogP contribution in [0.4, 0.5) is 5.69 Å². The van der Waals surface area contributed by atoms with Crippen LogP contribution in [-0.4, -0.2) is 9.78 Å². The summed E-state index contributed by atoms with van der Waals surface area (Å²) in [5.74, 6) is 0.966. The fourth-order valence-electron chi connectivity index (χ4n) is 1.45. The summed E-state index contributed by atoms with van der Waals surface area (Å²) >= 11 is 12.1. The second kappa shape index (κ2) is 5.08. The number of benzene rings is 1. The van der Waals surface area contributed by atoms with Gasteiger partial charge in [0.1, 0.15) is 0 Å². The minimum atomic E-state index is 0.264. The summed E-state index contributed by atoms with van der Waals surface area (Å²) in [6, 6.07) is 3.45. The van der Waals surface area contributed by atoms with Crippen molar-refractivity contribution in [2.75, 3.05) is 5.73 Å². The number of ether oxygens (including phenoxy) is 1. The van der Waals surface area contributed by atoms with Crippen LogP contribution < -0.4 is 10.5 Å². The fraction of sp³-hybridized carbons (Fsp3) is 0.250. The van der Waals surface area contributed by atoms with Crippen molar-refractivity contribution in [3.05, 3.63) is 34.6 Å². The van der Waals surface area contributed by atoms with Gasteiger partial charge in [-0.15, -0.1) is 0 Å². The topological polar surface area (TPSA) is 53.1 Å². The van der Waals surface area contributed by atoms with Crippen molar-refractivity contribution in [2.24, 2.45) is 0 Å². The van der Waals surface area contributed by atoms with Crippen LogP contribution in [0.1, 0.15) is 19.9 Å². The maximum atomic E-state index is 6.04. The van der Waals surface area contributed by atoms with Gasteiger partial charge < -0.3 is 10.5 Å². The SMILES string of the molecule is CC(C)n1cc(Oc2c(Cl)cc(N)cc2Cl)cn1. The Hall–Kier alpha value is -1.39. The molecule has 6 heteroatoms. The fourth-order valence-corrected chi connectivity index (χ4v) is 2.03. The van der Waals surface area contributed by atoms with Gasteiger partial charge in [0.05, 0.1) is 22.4 Å². The van der Waals surface area contributed by atoms with Crippen molar-refractivity contribution in [3.63, 3.8) is 0 Å². The molecule has 0 fully saturated rings. The maximum absolute atomic E-state index is 6.04. The molecule has 0 aliphatic rings. The first-order chi connectivity index (χ1) is 8.47. The Labute approximate surface area is 115 Å². The zero-order valence-corrected chi connectivity index (χ0v) is 11.5. The quantitative estimate of drug-likeness (QED) is 0.862. The summed E-state index contributed by atoms with van der Waals surface area (Å²) in [5.41, 5.74) is 6.12. The molecule has 0 saturated heterocycles. The molecule has 0 atom stereocenters. The lowest BCUT2D eigenvalue weighted by Crippen LogP contribution is -1.99. The molecule has 0 saturated carbocycles. The summed E-state index contributed by atoms with van der Waals surface area (Å²) < 4.78 is 7.41. The lowest BCUT2D eigenvalue weighted by atomic mass is 10.3. The van der Waals surface area contributed by atoms with Crippen LogP contribution in [0.2, 0.25) is 10.0 Å². The molecule has 1 aromatic carbocycles. The number of anilines is 1. The number of hydrogen-bond donors (Lipinski definition) is 1. The number of hydrogen-bond acceptors (Lipinski definition) is 3. The zero-order valence-electron chi connectivity index (χ0n) is 10.0. The van der Waals surface area contributed by atoms with Crippen molar-refractivity contribution in [2.45, 2.75) is 19.9 Å². The van der Waals surface area contributed by atoms with Gasteiger partial charge in [-0.2, -0.15) is 5.10 Å². The van der Waals surface area contributed by atoms with Crippen LogP contribution in [0.5, 0.6) is 11.5 Å². The lowest BCUT2D eigenvalue weighted by Gasteiger charge is -2.08. The third-order valence-electron chi connectivity index (χ3n) is 2.35. The molecule has 96 valence electrons. The molecule has 0 amide bonds. The average Bonchev–Trinajstić information content (AvgIpc) is 2.71. The van der Waals surface area contributed by atoms with Crippen LogP contribution >= 0.6 is 23.2 Å². The monoisotopic (exact) mass is 285 g/mol. The molecular weight excluding hydrogens is 273 g/mol. The first-order valence-corrected chi connectivity index (χ1v) is 6.19. The number of rotatable bonds is 3. The molecular formula is C12H13Cl2N3O. The highest BCUT2D eigenvalue weighted by Crippen LogP contribution is 2.38. The first-order valence-electron chi connectivity index (χ1n) is 5.44. The van der Waals surface area contributed by atoms with Crippen LogP contribution in [-0.2, 0) is 0 Å². The molecule has 2 aromatic rings. The zero-order chi connectivity index (χ0) is 13.3. The van der Waals surface area contributed by atoms with E-state index < -0.39 is 0 Å². The van der Waals surface area contributed by atoms with Gasteiger partial charge in [-0.25, -0.2) is 0 Å². The van der Waals surface area contributed by atoms with Crippen LogP contribution in [0.15, 0.2) is 24.5 Å². The van der Waals surface area contributed by atoms with E-state index >= 15 is 0 Å². The van der Waals surface area contributed by atoms with Gasteiger partial charge in [0, 0.05) is 11.7 Å². The molecule has 1 aromatic heterocycles. The summed E-state index contributed by atoms with van der Waals surface area (Å²) in [7, 11) is 0. The summed E-state index contributed by atoms with van der Waals surface area (Å²) in [6.07, 6.45) is 3.40. The van der Waals surface area contributed by atoms with Crippen molar-refractivity contribution in [1.29, 1.82) is 0 Å². The number of aromatic nitrogens is 2. The highest BCUT2D eigenvalue weighted by atomic mass is 35.5. The Balaban J connectivity index is 2.28. The minimum absolute atomic E-state index is 0.264. The Bertz CT molecular complexity index is 543. The first kappa shape index (κ1) is 13.1. The predicted octanol–water partition coefficient (Wildman–Crippen LogP) is 4.15. The van der Waals surface area contributed by atoms with E-state index in [1.807, 2.05) is 13.8 Å². The number of nitrogen functional groups attached to an aromatic ring is 1. The van der Waals surface area contributed by atoms with Crippen LogP contribution in [0.3, 0.4) is 0 Å². The smallest absolute Gasteiger partial charge is 0.165 e. The molecule has 0 radical (unpaired) electrons. The van der Waals surface area contributed by atoms with E-state index in [1.165, 1.54) is 0 Å². The molecule has 0 aliphatic carbocycles. The summed E-state index contributed by atoms with van der Waals surface area (Å²) in [6.45, 7) is 4.06. The minimum Gasteiger partial charge on any atom is -0.451 e. The molecule has 0 bridgehead atoms. The Morgan fingerprint density at radius 1 is 1.28 bits per heavy atom. The number of nitrogens with two attached hydrogens (primary N) is 1. The van der Waals surface area contributed by atoms with Crippen LogP contribution in [0.25, 0.3) is 0 Å². The third-order valence-corrected chi connectivity index (χ3v) is 2.91. The largest absolute Gasteiger partial charge is 0.451 e. The van der Waals surface area contributed by atoms with Gasteiger partial charge in [0.25, 0.3) is 0 Å². The number of halogens is 2. The standard InChI is InChI=1S/C12H13Cl2N3O/c1-7(2)17-6-9(5-16-17)18-12-10(13)3-8(15)4-11(12)14/h3-7H,15H2,1-2H3. The summed E-state index contributed by atoms with van der Waals surface area (Å²) in [4.78, 5) is 0. The normalized spacial score (nSPS) is 10.9. The van der Waals surface area contributed by atoms with Crippen molar-refractivity contribution in [3.8, 4) is 11.5 Å². The van der Waals surface area contributed by atoms with E-state index in [0.29, 0.717) is 27.2 Å². The highest BCUT2D eigenvalue weighted by molar-refractivity contribution is 6.37. The highest BCUT2D eigenvalue weighted by Gasteiger charge is 2.11. The Kier molecular flexibility index (Phi) is 3.68. The molecule has 0 spiro atoms. The second-order valence-electron chi connectivity index (χ2n) is 4.17. The van der Waals surface area contributed by atoms with Crippen molar-refractivity contribution >= 4 is 28.9 Å². The van der Waals surface area contributed by atoms with E-state index in [1.54, 1.807) is 29.2 Å². The van der Waals surface area contributed by atoms with E-state index in [2.05, 4.69) is 5.10 Å². The van der Waals surface area contributed by atoms with Gasteiger partial charge in [0.2, 0.25) is 0 Å². The van der Waals surface area contributed by atoms with Gasteiger partial charge in [-0.3, -0.25) is 4.68 Å². The Morgan fingerprint density at radius 3 is 2.39 bits per heavy atom. The molecule has 0 aliphatic heterocycles. The molecule has 18 heavy (non-hydrogen) atoms. The van der Waals surface area contributed by atoms with Crippen molar-refractivity contribution < 1.29 is 4.74 Å². The van der Waals surface area contributed by atoms with Crippen molar-refractivity contribution in [1.82, 2.24) is 9.78 Å². The molecule has 2 rings (SSSR count). The van der Waals surface area contributed by atoms with Gasteiger partial charge >= 0.3 is 0 Å². The molecule has 2 N–H and O–H groups in total. The molecule has 4 nitrogen and oxygen atoms in total. The van der Waals surface area contributed by atoms with E-state index in [4.69, 9.17) is 33.7 Å². The molecule has 1 heterocycles. The second-order valence-corrected chi connectivity index (χ2v) is 4.98. The number of nitrogens with zero attached hydrogens (tertiary/aromatic N) is 2. The van der Waals surface area contributed by atoms with E-state index in [-0.39, 0.29) is 6.04 Å². The van der Waals surface area contributed by atoms with Crippen LogP contribution in [0, 0.1) is 0 Å². The predicted molar refractivity (Wildman–Crippen MR) is 73.6 cm³/mol. The van der Waals surface area contributed by atoms with Gasteiger partial charge in [-0.05, 0) is 26.0 Å². The van der Waals surface area contributed by atoms with E-state index in [9.17, 15) is 0 Å². The molecule has 0 unspecified atom stereocenters.